The van der Waals surface area contributed by atoms with Gasteiger partial charge in [-0.05, 0) is 51.4 Å². The van der Waals surface area contributed by atoms with Gasteiger partial charge in [-0.2, -0.15) is 0 Å². The largest absolute Gasteiger partial charge is 0.346 e. The van der Waals surface area contributed by atoms with Crippen molar-refractivity contribution in [2.24, 2.45) is 0 Å². The molecule has 0 saturated carbocycles. The van der Waals surface area contributed by atoms with Crippen LogP contribution >= 0.6 is 0 Å². The number of hydrogen-bond donors (Lipinski definition) is 2. The van der Waals surface area contributed by atoms with Crippen molar-refractivity contribution in [2.45, 2.75) is 34.2 Å². The van der Waals surface area contributed by atoms with Gasteiger partial charge in [0, 0.05) is 12.2 Å². The van der Waals surface area contributed by atoms with Crippen LogP contribution in [0, 0.1) is 27.7 Å². The van der Waals surface area contributed by atoms with Gasteiger partial charge in [-0.3, -0.25) is 14.5 Å². The van der Waals surface area contributed by atoms with Crippen LogP contribution in [0.5, 0.6) is 0 Å². The standard InChI is InChI=1S/C22H29N3O2/c1-15-6-8-19(9-7-15)13-25(5)14-21(27)23-12-20(26)24-22-17(3)10-16(2)11-18(22)4/h6-11H,12-14H2,1-5H3,(H,23,27)(H,24,26). The van der Waals surface area contributed by atoms with E-state index < -0.39 is 0 Å². The summed E-state index contributed by atoms with van der Waals surface area (Å²) in [4.78, 5) is 26.2. The molecule has 0 aliphatic carbocycles. The molecule has 2 rings (SSSR count). The van der Waals surface area contributed by atoms with E-state index in [0.717, 1.165) is 27.9 Å². The first-order valence-corrected chi connectivity index (χ1v) is 9.13. The minimum atomic E-state index is -0.223. The van der Waals surface area contributed by atoms with Gasteiger partial charge in [-0.25, -0.2) is 0 Å². The molecule has 0 aromatic heterocycles. The molecule has 0 bridgehead atoms. The van der Waals surface area contributed by atoms with Crippen LogP contribution in [0.3, 0.4) is 0 Å². The van der Waals surface area contributed by atoms with Gasteiger partial charge >= 0.3 is 0 Å². The Balaban J connectivity index is 1.79. The summed E-state index contributed by atoms with van der Waals surface area (Å²) in [5.41, 5.74) is 6.38. The molecule has 0 atom stereocenters. The van der Waals surface area contributed by atoms with Crippen LogP contribution in [0.1, 0.15) is 27.8 Å². The Bertz CT molecular complexity index is 790. The van der Waals surface area contributed by atoms with Crippen molar-refractivity contribution in [3.63, 3.8) is 0 Å². The van der Waals surface area contributed by atoms with E-state index in [-0.39, 0.29) is 24.9 Å². The van der Waals surface area contributed by atoms with Crippen molar-refractivity contribution in [1.29, 1.82) is 0 Å². The fourth-order valence-corrected chi connectivity index (χ4v) is 3.10. The first-order valence-electron chi connectivity index (χ1n) is 9.13. The second kappa shape index (κ2) is 9.33. The van der Waals surface area contributed by atoms with Crippen molar-refractivity contribution in [3.8, 4) is 0 Å². The van der Waals surface area contributed by atoms with E-state index in [4.69, 9.17) is 0 Å². The Hall–Kier alpha value is -2.66. The number of benzene rings is 2. The van der Waals surface area contributed by atoms with Crippen LogP contribution in [0.15, 0.2) is 36.4 Å². The molecule has 27 heavy (non-hydrogen) atoms. The molecule has 2 aromatic rings. The number of nitrogens with one attached hydrogen (secondary N) is 2. The van der Waals surface area contributed by atoms with E-state index in [0.29, 0.717) is 6.54 Å². The van der Waals surface area contributed by atoms with Crippen molar-refractivity contribution in [3.05, 3.63) is 64.2 Å². The molecule has 0 heterocycles. The number of rotatable bonds is 7. The molecule has 0 unspecified atom stereocenters. The first-order chi connectivity index (χ1) is 12.7. The van der Waals surface area contributed by atoms with Gasteiger partial charge < -0.3 is 10.6 Å². The predicted molar refractivity (Wildman–Crippen MR) is 110 cm³/mol. The first kappa shape index (κ1) is 20.6. The number of likely N-dealkylation sites (N-methyl/N-ethyl adjacent to an activating group) is 1. The minimum absolute atomic E-state index is 0.0377. The van der Waals surface area contributed by atoms with Gasteiger partial charge in [-0.1, -0.05) is 47.5 Å². The Labute approximate surface area is 161 Å². The van der Waals surface area contributed by atoms with Gasteiger partial charge in [0.2, 0.25) is 11.8 Å². The summed E-state index contributed by atoms with van der Waals surface area (Å²) in [5.74, 6) is -0.392. The Morgan fingerprint density at radius 3 is 2.07 bits per heavy atom. The van der Waals surface area contributed by atoms with E-state index >= 15 is 0 Å². The van der Waals surface area contributed by atoms with Crippen molar-refractivity contribution in [2.75, 3.05) is 25.5 Å². The van der Waals surface area contributed by atoms with Crippen LogP contribution in [0.2, 0.25) is 0 Å². The highest BCUT2D eigenvalue weighted by atomic mass is 16.2. The zero-order valence-corrected chi connectivity index (χ0v) is 16.8. The molecule has 0 fully saturated rings. The predicted octanol–water partition coefficient (Wildman–Crippen LogP) is 3.11. The molecular weight excluding hydrogens is 338 g/mol. The Morgan fingerprint density at radius 1 is 0.889 bits per heavy atom. The van der Waals surface area contributed by atoms with E-state index in [9.17, 15) is 9.59 Å². The molecule has 2 aromatic carbocycles. The van der Waals surface area contributed by atoms with Crippen LogP contribution in [0.25, 0.3) is 0 Å². The highest BCUT2D eigenvalue weighted by Gasteiger charge is 2.11. The summed E-state index contributed by atoms with van der Waals surface area (Å²) in [6, 6.07) is 12.3. The highest BCUT2D eigenvalue weighted by molar-refractivity contribution is 5.96. The molecule has 5 nitrogen and oxygen atoms in total. The number of hydrogen-bond acceptors (Lipinski definition) is 3. The maximum Gasteiger partial charge on any atom is 0.243 e. The van der Waals surface area contributed by atoms with Crippen LogP contribution in [-0.2, 0) is 16.1 Å². The second-order valence-electron chi connectivity index (χ2n) is 7.26. The minimum Gasteiger partial charge on any atom is -0.346 e. The lowest BCUT2D eigenvalue weighted by atomic mass is 10.1. The molecule has 0 aliphatic rings. The average molecular weight is 367 g/mol. The fourth-order valence-electron chi connectivity index (χ4n) is 3.10. The normalized spacial score (nSPS) is 10.7. The van der Waals surface area contributed by atoms with Crippen molar-refractivity contribution < 1.29 is 9.59 Å². The topological polar surface area (TPSA) is 61.4 Å². The maximum absolute atomic E-state index is 12.2. The van der Waals surface area contributed by atoms with Crippen LogP contribution < -0.4 is 10.6 Å². The molecule has 0 radical (unpaired) electrons. The quantitative estimate of drug-likeness (QED) is 0.790. The van der Waals surface area contributed by atoms with Crippen LogP contribution in [0.4, 0.5) is 5.69 Å². The number of amides is 2. The van der Waals surface area contributed by atoms with E-state index in [2.05, 4.69) is 34.9 Å². The third-order valence-electron chi connectivity index (χ3n) is 4.37. The molecule has 5 heteroatoms. The number of nitrogens with zero attached hydrogens (tertiary/aromatic N) is 1. The lowest BCUT2D eigenvalue weighted by molar-refractivity contribution is -0.124. The van der Waals surface area contributed by atoms with E-state index in [1.165, 1.54) is 5.56 Å². The van der Waals surface area contributed by atoms with Crippen LogP contribution in [-0.4, -0.2) is 36.9 Å². The third kappa shape index (κ3) is 6.53. The maximum atomic E-state index is 12.2. The average Bonchev–Trinajstić information content (AvgIpc) is 2.58. The summed E-state index contributed by atoms with van der Waals surface area (Å²) in [6.45, 7) is 8.89. The van der Waals surface area contributed by atoms with E-state index in [1.54, 1.807) is 0 Å². The van der Waals surface area contributed by atoms with Gasteiger partial charge in [-0.15, -0.1) is 0 Å². The monoisotopic (exact) mass is 367 g/mol. The van der Waals surface area contributed by atoms with Gasteiger partial charge in [0.1, 0.15) is 0 Å². The summed E-state index contributed by atoms with van der Waals surface area (Å²) in [6.07, 6.45) is 0. The number of anilines is 1. The summed E-state index contributed by atoms with van der Waals surface area (Å²) in [7, 11) is 1.89. The van der Waals surface area contributed by atoms with Gasteiger partial charge in [0.05, 0.1) is 13.1 Å². The van der Waals surface area contributed by atoms with Crippen molar-refractivity contribution >= 4 is 17.5 Å². The van der Waals surface area contributed by atoms with Gasteiger partial charge in [0.25, 0.3) is 0 Å². The molecule has 2 amide bonds. The number of carbonyl (C=O) groups excluding carboxylic acids is 2. The molecular formula is C22H29N3O2. The smallest absolute Gasteiger partial charge is 0.243 e. The summed E-state index contributed by atoms with van der Waals surface area (Å²) < 4.78 is 0. The summed E-state index contributed by atoms with van der Waals surface area (Å²) >= 11 is 0. The molecule has 144 valence electrons. The zero-order valence-electron chi connectivity index (χ0n) is 16.8. The highest BCUT2D eigenvalue weighted by Crippen LogP contribution is 2.21. The Kier molecular flexibility index (Phi) is 7.13. The fraction of sp³-hybridized carbons (Fsp3) is 0.364. The second-order valence-corrected chi connectivity index (χ2v) is 7.26. The number of carbonyl (C=O) groups is 2. The molecule has 2 N–H and O–H groups in total. The zero-order chi connectivity index (χ0) is 20.0. The lowest BCUT2D eigenvalue weighted by Crippen LogP contribution is -2.39. The van der Waals surface area contributed by atoms with E-state index in [1.807, 2.05) is 51.8 Å². The molecule has 0 aliphatic heterocycles. The SMILES string of the molecule is Cc1ccc(CN(C)CC(=O)NCC(=O)Nc2c(C)cc(C)cc2C)cc1. The lowest BCUT2D eigenvalue weighted by Gasteiger charge is -2.17. The molecule has 0 saturated heterocycles. The summed E-state index contributed by atoms with van der Waals surface area (Å²) in [5, 5.41) is 5.58. The van der Waals surface area contributed by atoms with Gasteiger partial charge in [0.15, 0.2) is 0 Å². The number of aryl methyl sites for hydroxylation is 4. The molecule has 0 spiro atoms. The Morgan fingerprint density at radius 2 is 1.48 bits per heavy atom. The third-order valence-corrected chi connectivity index (χ3v) is 4.37. The van der Waals surface area contributed by atoms with Crippen molar-refractivity contribution in [1.82, 2.24) is 10.2 Å².